The van der Waals surface area contributed by atoms with Crippen molar-refractivity contribution in [1.82, 2.24) is 15.5 Å². The van der Waals surface area contributed by atoms with E-state index in [1.165, 1.54) is 11.1 Å². The standard InChI is InChI=1S/C15H18N4O/c1-9-13(14(16)19-18-9)15(20)17-12-8-4-6-10-5-2-3-7-11(10)12/h2-3,5,7,12H,4,6,8H2,1H3,(H,17,20)(H3,16,18,19). The lowest BCUT2D eigenvalue weighted by Gasteiger charge is -2.26. The first-order chi connectivity index (χ1) is 9.66. The Bertz CT molecular complexity index is 628. The minimum Gasteiger partial charge on any atom is -0.382 e. The number of nitrogen functional groups attached to an aromatic ring is 1. The van der Waals surface area contributed by atoms with Gasteiger partial charge in [0.05, 0.1) is 6.04 Å². The number of anilines is 1. The molecule has 1 aromatic carbocycles. The number of aromatic amines is 1. The van der Waals surface area contributed by atoms with Crippen LogP contribution in [0.15, 0.2) is 24.3 Å². The summed E-state index contributed by atoms with van der Waals surface area (Å²) in [6.07, 6.45) is 3.12. The van der Waals surface area contributed by atoms with E-state index in [0.717, 1.165) is 19.3 Å². The van der Waals surface area contributed by atoms with E-state index in [9.17, 15) is 4.79 Å². The van der Waals surface area contributed by atoms with Crippen molar-refractivity contribution in [2.75, 3.05) is 5.73 Å². The summed E-state index contributed by atoms with van der Waals surface area (Å²) < 4.78 is 0. The molecule has 1 atom stereocenters. The van der Waals surface area contributed by atoms with E-state index in [0.29, 0.717) is 11.3 Å². The predicted octanol–water partition coefficient (Wildman–Crippen LogP) is 2.11. The largest absolute Gasteiger partial charge is 0.382 e. The highest BCUT2D eigenvalue weighted by atomic mass is 16.1. The fourth-order valence-corrected chi connectivity index (χ4v) is 2.87. The smallest absolute Gasteiger partial charge is 0.257 e. The maximum Gasteiger partial charge on any atom is 0.257 e. The number of carbonyl (C=O) groups is 1. The highest BCUT2D eigenvalue weighted by molar-refractivity contribution is 5.99. The molecular formula is C15H18N4O. The van der Waals surface area contributed by atoms with Crippen LogP contribution in [0.2, 0.25) is 0 Å². The SMILES string of the molecule is Cc1[nH]nc(N)c1C(=O)NC1CCCc2ccccc21. The van der Waals surface area contributed by atoms with Crippen LogP contribution in [0.5, 0.6) is 0 Å². The summed E-state index contributed by atoms with van der Waals surface area (Å²) in [6.45, 7) is 1.80. The van der Waals surface area contributed by atoms with E-state index in [1.807, 2.05) is 12.1 Å². The number of nitrogens with two attached hydrogens (primary N) is 1. The number of nitrogens with one attached hydrogen (secondary N) is 2. The van der Waals surface area contributed by atoms with Crippen LogP contribution in [-0.4, -0.2) is 16.1 Å². The van der Waals surface area contributed by atoms with Crippen molar-refractivity contribution >= 4 is 11.7 Å². The Morgan fingerprint density at radius 3 is 3.00 bits per heavy atom. The number of benzene rings is 1. The highest BCUT2D eigenvalue weighted by Gasteiger charge is 2.24. The van der Waals surface area contributed by atoms with E-state index in [1.54, 1.807) is 6.92 Å². The van der Waals surface area contributed by atoms with Crippen LogP contribution in [0, 0.1) is 6.92 Å². The number of fused-ring (bicyclic) bond motifs is 1. The number of rotatable bonds is 2. The second kappa shape index (κ2) is 5.00. The first-order valence-electron chi connectivity index (χ1n) is 6.86. The zero-order valence-corrected chi connectivity index (χ0v) is 11.4. The van der Waals surface area contributed by atoms with Crippen molar-refractivity contribution in [3.63, 3.8) is 0 Å². The van der Waals surface area contributed by atoms with E-state index in [2.05, 4.69) is 27.6 Å². The summed E-state index contributed by atoms with van der Waals surface area (Å²) in [5, 5.41) is 9.69. The minimum atomic E-state index is -0.157. The van der Waals surface area contributed by atoms with E-state index in [-0.39, 0.29) is 17.8 Å². The summed E-state index contributed by atoms with van der Waals surface area (Å²) in [7, 11) is 0. The van der Waals surface area contributed by atoms with Gasteiger partial charge in [0.1, 0.15) is 5.56 Å². The van der Waals surface area contributed by atoms with Crippen LogP contribution in [0.4, 0.5) is 5.82 Å². The molecule has 104 valence electrons. The molecule has 0 saturated heterocycles. The van der Waals surface area contributed by atoms with E-state index >= 15 is 0 Å². The molecular weight excluding hydrogens is 252 g/mol. The van der Waals surface area contributed by atoms with Crippen molar-refractivity contribution in [1.29, 1.82) is 0 Å². The Morgan fingerprint density at radius 2 is 2.25 bits per heavy atom. The fourth-order valence-electron chi connectivity index (χ4n) is 2.87. The van der Waals surface area contributed by atoms with E-state index < -0.39 is 0 Å². The van der Waals surface area contributed by atoms with Gasteiger partial charge < -0.3 is 11.1 Å². The molecule has 2 aromatic rings. The molecule has 1 heterocycles. The van der Waals surface area contributed by atoms with Crippen LogP contribution >= 0.6 is 0 Å². The number of hydrogen-bond donors (Lipinski definition) is 3. The summed E-state index contributed by atoms with van der Waals surface area (Å²) in [5.74, 6) is 0.0968. The molecule has 0 bridgehead atoms. The molecule has 0 aliphatic heterocycles. The zero-order chi connectivity index (χ0) is 14.1. The molecule has 20 heavy (non-hydrogen) atoms. The van der Waals surface area contributed by atoms with Gasteiger partial charge in [-0.15, -0.1) is 0 Å². The summed E-state index contributed by atoms with van der Waals surface area (Å²) >= 11 is 0. The van der Waals surface area contributed by atoms with Crippen molar-refractivity contribution in [2.45, 2.75) is 32.2 Å². The Hall–Kier alpha value is -2.30. The highest BCUT2D eigenvalue weighted by Crippen LogP contribution is 2.30. The van der Waals surface area contributed by atoms with Crippen molar-refractivity contribution in [3.05, 3.63) is 46.6 Å². The van der Waals surface area contributed by atoms with Gasteiger partial charge >= 0.3 is 0 Å². The molecule has 0 spiro atoms. The Kier molecular flexibility index (Phi) is 3.18. The molecule has 5 nitrogen and oxygen atoms in total. The van der Waals surface area contributed by atoms with Gasteiger partial charge in [0.2, 0.25) is 0 Å². The second-order valence-electron chi connectivity index (χ2n) is 5.23. The predicted molar refractivity (Wildman–Crippen MR) is 77.3 cm³/mol. The van der Waals surface area contributed by atoms with Crippen molar-refractivity contribution < 1.29 is 4.79 Å². The Balaban J connectivity index is 1.84. The number of aromatic nitrogens is 2. The van der Waals surface area contributed by atoms with Crippen LogP contribution in [0.1, 0.15) is 46.1 Å². The number of carbonyl (C=O) groups excluding carboxylic acids is 1. The van der Waals surface area contributed by atoms with Crippen LogP contribution < -0.4 is 11.1 Å². The van der Waals surface area contributed by atoms with Crippen LogP contribution in [0.25, 0.3) is 0 Å². The molecule has 4 N–H and O–H groups in total. The lowest BCUT2D eigenvalue weighted by atomic mass is 9.87. The third-order valence-corrected chi connectivity index (χ3v) is 3.88. The molecule has 0 fully saturated rings. The van der Waals surface area contributed by atoms with Gasteiger partial charge in [-0.05, 0) is 37.3 Å². The second-order valence-corrected chi connectivity index (χ2v) is 5.23. The quantitative estimate of drug-likeness (QED) is 0.781. The molecule has 0 radical (unpaired) electrons. The first-order valence-corrected chi connectivity index (χ1v) is 6.86. The Morgan fingerprint density at radius 1 is 1.45 bits per heavy atom. The third-order valence-electron chi connectivity index (χ3n) is 3.88. The lowest BCUT2D eigenvalue weighted by molar-refractivity contribution is 0.0933. The maximum atomic E-state index is 12.4. The van der Waals surface area contributed by atoms with Gasteiger partial charge in [-0.1, -0.05) is 24.3 Å². The molecule has 0 saturated carbocycles. The lowest BCUT2D eigenvalue weighted by Crippen LogP contribution is -2.31. The van der Waals surface area contributed by atoms with Crippen LogP contribution in [0.3, 0.4) is 0 Å². The number of nitrogens with zero attached hydrogens (tertiary/aromatic N) is 1. The van der Waals surface area contributed by atoms with Gasteiger partial charge in [0, 0.05) is 5.69 Å². The normalized spacial score (nSPS) is 17.6. The minimum absolute atomic E-state index is 0.0566. The molecule has 1 aliphatic carbocycles. The van der Waals surface area contributed by atoms with Crippen LogP contribution in [-0.2, 0) is 6.42 Å². The monoisotopic (exact) mass is 270 g/mol. The third kappa shape index (κ3) is 2.15. The number of aryl methyl sites for hydroxylation is 2. The van der Waals surface area contributed by atoms with Gasteiger partial charge in [-0.3, -0.25) is 9.89 Å². The fraction of sp³-hybridized carbons (Fsp3) is 0.333. The number of H-pyrrole nitrogens is 1. The summed E-state index contributed by atoms with van der Waals surface area (Å²) in [5.41, 5.74) is 9.42. The number of hydrogen-bond acceptors (Lipinski definition) is 3. The molecule has 3 rings (SSSR count). The first kappa shape index (κ1) is 12.7. The average Bonchev–Trinajstić information content (AvgIpc) is 2.78. The van der Waals surface area contributed by atoms with E-state index in [4.69, 9.17) is 5.73 Å². The van der Waals surface area contributed by atoms with Gasteiger partial charge in [-0.2, -0.15) is 5.10 Å². The maximum absolute atomic E-state index is 12.4. The zero-order valence-electron chi connectivity index (χ0n) is 11.4. The van der Waals surface area contributed by atoms with Crippen molar-refractivity contribution in [2.24, 2.45) is 0 Å². The summed E-state index contributed by atoms with van der Waals surface area (Å²) in [4.78, 5) is 12.4. The van der Waals surface area contributed by atoms with Gasteiger partial charge in [0.25, 0.3) is 5.91 Å². The molecule has 1 unspecified atom stereocenters. The molecule has 1 aliphatic rings. The molecule has 1 aromatic heterocycles. The number of amides is 1. The molecule has 1 amide bonds. The van der Waals surface area contributed by atoms with Gasteiger partial charge in [-0.25, -0.2) is 0 Å². The summed E-state index contributed by atoms with van der Waals surface area (Å²) in [6, 6.07) is 8.33. The Labute approximate surface area is 117 Å². The molecule has 5 heteroatoms. The average molecular weight is 270 g/mol. The van der Waals surface area contributed by atoms with Gasteiger partial charge in [0.15, 0.2) is 5.82 Å². The topological polar surface area (TPSA) is 83.8 Å². The van der Waals surface area contributed by atoms with Crippen molar-refractivity contribution in [3.8, 4) is 0 Å².